The number of nitrogens with two attached hydrogens (primary N) is 1. The largest absolute Gasteiger partial charge is 0.394 e. The van der Waals surface area contributed by atoms with Gasteiger partial charge in [-0.2, -0.15) is 4.98 Å². The van der Waals surface area contributed by atoms with Gasteiger partial charge >= 0.3 is 5.69 Å². The first-order valence-corrected chi connectivity index (χ1v) is 8.05. The third-order valence-electron chi connectivity index (χ3n) is 4.22. The second-order valence-electron chi connectivity index (χ2n) is 6.11. The fourth-order valence-electron chi connectivity index (χ4n) is 2.71. The summed E-state index contributed by atoms with van der Waals surface area (Å²) in [6, 6.07) is 0. The van der Waals surface area contributed by atoms with E-state index in [1.54, 1.807) is 13.2 Å². The van der Waals surface area contributed by atoms with Crippen LogP contribution in [0.3, 0.4) is 0 Å². The molecule has 0 bridgehead atoms. The van der Waals surface area contributed by atoms with E-state index in [0.29, 0.717) is 25.0 Å². The molecule has 5 atom stereocenters. The minimum Gasteiger partial charge on any atom is -0.394 e. The van der Waals surface area contributed by atoms with Gasteiger partial charge in [0.1, 0.15) is 30.2 Å². The third-order valence-corrected chi connectivity index (χ3v) is 4.22. The molecule has 142 valence electrons. The average Bonchev–Trinajstić information content (AvgIpc) is 2.58. The number of nitrogens with zero attached hydrogens (tertiary/aromatic N) is 2. The number of nitrogen functional groups attached to an aromatic ring is 1. The summed E-state index contributed by atoms with van der Waals surface area (Å²) >= 11 is 0. The molecule has 6 N–H and O–H groups in total. The predicted molar refractivity (Wildman–Crippen MR) is 86.5 cm³/mol. The summed E-state index contributed by atoms with van der Waals surface area (Å²) in [5.41, 5.74) is 5.82. The van der Waals surface area contributed by atoms with Crippen LogP contribution in [0.4, 0.5) is 5.82 Å². The Morgan fingerprint density at radius 2 is 1.96 bits per heavy atom. The van der Waals surface area contributed by atoms with Gasteiger partial charge in [-0.3, -0.25) is 0 Å². The number of rotatable bonds is 7. The molecule has 0 spiro atoms. The molecule has 0 aromatic carbocycles. The lowest BCUT2D eigenvalue weighted by molar-refractivity contribution is -0.230. The molecule has 1 aliphatic rings. The molecule has 0 aliphatic carbocycles. The molecule has 5 unspecified atom stereocenters. The van der Waals surface area contributed by atoms with Crippen LogP contribution in [0, 0.1) is 0 Å². The zero-order chi connectivity index (χ0) is 18.6. The van der Waals surface area contributed by atoms with Crippen molar-refractivity contribution in [3.8, 4) is 0 Å². The van der Waals surface area contributed by atoms with Gasteiger partial charge in [0.2, 0.25) is 0 Å². The van der Waals surface area contributed by atoms with Gasteiger partial charge in [-0.15, -0.1) is 0 Å². The van der Waals surface area contributed by atoms with E-state index in [4.69, 9.17) is 20.3 Å². The van der Waals surface area contributed by atoms with E-state index >= 15 is 0 Å². The fourth-order valence-corrected chi connectivity index (χ4v) is 2.71. The molecule has 1 aliphatic heterocycles. The van der Waals surface area contributed by atoms with Gasteiger partial charge in [-0.05, 0) is 12.8 Å². The number of anilines is 1. The summed E-state index contributed by atoms with van der Waals surface area (Å²) in [4.78, 5) is 15.0. The van der Waals surface area contributed by atoms with E-state index < -0.39 is 42.8 Å². The van der Waals surface area contributed by atoms with E-state index in [0.717, 1.165) is 0 Å². The SMILES string of the molecule is Cn1cc(COCCCC2OC(CO)C(O)C(O)C2O)c(N)nc1=O. The lowest BCUT2D eigenvalue weighted by atomic mass is 9.93. The van der Waals surface area contributed by atoms with Gasteiger partial charge in [-0.1, -0.05) is 0 Å². The van der Waals surface area contributed by atoms with Crippen molar-refractivity contribution in [3.05, 3.63) is 22.2 Å². The van der Waals surface area contributed by atoms with Crippen molar-refractivity contribution in [2.45, 2.75) is 50.0 Å². The lowest BCUT2D eigenvalue weighted by Crippen LogP contribution is -2.58. The zero-order valence-electron chi connectivity index (χ0n) is 14.0. The normalized spacial score (nSPS) is 29.7. The topological polar surface area (TPSA) is 160 Å². The summed E-state index contributed by atoms with van der Waals surface area (Å²) in [5, 5.41) is 38.5. The molecule has 1 saturated heterocycles. The van der Waals surface area contributed by atoms with Crippen LogP contribution in [0.5, 0.6) is 0 Å². The van der Waals surface area contributed by atoms with Crippen molar-refractivity contribution in [2.24, 2.45) is 7.05 Å². The van der Waals surface area contributed by atoms with E-state index in [1.807, 2.05) is 0 Å². The van der Waals surface area contributed by atoms with Gasteiger partial charge in [0.15, 0.2) is 0 Å². The standard InChI is InChI=1S/C15H25N3O7/c1-18-5-8(14(16)17-15(18)23)7-24-4-2-3-9-11(20)13(22)12(21)10(6-19)25-9/h5,9-13,19-22H,2-4,6-7H2,1H3,(H2,16,17,23). The molecular weight excluding hydrogens is 334 g/mol. The fraction of sp³-hybridized carbons (Fsp3) is 0.733. The van der Waals surface area contributed by atoms with Gasteiger partial charge < -0.3 is 40.2 Å². The minimum atomic E-state index is -1.37. The Morgan fingerprint density at radius 3 is 2.64 bits per heavy atom. The van der Waals surface area contributed by atoms with E-state index in [9.17, 15) is 20.1 Å². The summed E-state index contributed by atoms with van der Waals surface area (Å²) in [7, 11) is 1.57. The van der Waals surface area contributed by atoms with Crippen LogP contribution >= 0.6 is 0 Å². The number of aryl methyl sites for hydroxylation is 1. The van der Waals surface area contributed by atoms with Crippen molar-refractivity contribution < 1.29 is 29.9 Å². The summed E-state index contributed by atoms with van der Waals surface area (Å²) in [6.07, 6.45) is -3.11. The van der Waals surface area contributed by atoms with Crippen LogP contribution < -0.4 is 11.4 Å². The van der Waals surface area contributed by atoms with E-state index in [1.165, 1.54) is 4.57 Å². The second kappa shape index (κ2) is 8.70. The Hall–Kier alpha value is -1.56. The van der Waals surface area contributed by atoms with Crippen molar-refractivity contribution in [1.82, 2.24) is 9.55 Å². The van der Waals surface area contributed by atoms with Crippen LogP contribution in [-0.4, -0.2) is 73.7 Å². The highest BCUT2D eigenvalue weighted by molar-refractivity contribution is 5.35. The molecular formula is C15H25N3O7. The van der Waals surface area contributed by atoms with Crippen LogP contribution in [0.25, 0.3) is 0 Å². The Kier molecular flexibility index (Phi) is 6.87. The molecule has 2 heterocycles. The number of aliphatic hydroxyl groups is 4. The number of aromatic nitrogens is 2. The molecule has 2 rings (SSSR count). The molecule has 1 aromatic heterocycles. The van der Waals surface area contributed by atoms with Crippen molar-refractivity contribution in [2.75, 3.05) is 18.9 Å². The number of aliphatic hydroxyl groups excluding tert-OH is 4. The summed E-state index contributed by atoms with van der Waals surface area (Å²) < 4.78 is 12.2. The molecule has 25 heavy (non-hydrogen) atoms. The quantitative estimate of drug-likeness (QED) is 0.332. The lowest BCUT2D eigenvalue weighted by Gasteiger charge is -2.40. The summed E-state index contributed by atoms with van der Waals surface area (Å²) in [6.45, 7) is 0.0654. The van der Waals surface area contributed by atoms with E-state index in [-0.39, 0.29) is 12.4 Å². The molecule has 0 amide bonds. The highest BCUT2D eigenvalue weighted by Crippen LogP contribution is 2.24. The monoisotopic (exact) mass is 359 g/mol. The number of ether oxygens (including phenoxy) is 2. The highest BCUT2D eigenvalue weighted by Gasteiger charge is 2.42. The number of hydrogen-bond donors (Lipinski definition) is 5. The molecule has 10 heteroatoms. The Morgan fingerprint density at radius 1 is 1.28 bits per heavy atom. The average molecular weight is 359 g/mol. The molecule has 0 radical (unpaired) electrons. The van der Waals surface area contributed by atoms with Gasteiger partial charge in [-0.25, -0.2) is 4.79 Å². The van der Waals surface area contributed by atoms with Crippen molar-refractivity contribution in [3.63, 3.8) is 0 Å². The van der Waals surface area contributed by atoms with E-state index in [2.05, 4.69) is 4.98 Å². The van der Waals surface area contributed by atoms with Crippen LogP contribution in [0.2, 0.25) is 0 Å². The van der Waals surface area contributed by atoms with Crippen LogP contribution in [-0.2, 0) is 23.1 Å². The van der Waals surface area contributed by atoms with Gasteiger partial charge in [0.25, 0.3) is 0 Å². The van der Waals surface area contributed by atoms with Crippen molar-refractivity contribution >= 4 is 5.82 Å². The maximum atomic E-state index is 11.3. The second-order valence-corrected chi connectivity index (χ2v) is 6.11. The highest BCUT2D eigenvalue weighted by atomic mass is 16.5. The Labute approximate surface area is 144 Å². The summed E-state index contributed by atoms with van der Waals surface area (Å²) in [5.74, 6) is 0.122. The third kappa shape index (κ3) is 4.75. The maximum Gasteiger partial charge on any atom is 0.349 e. The first-order valence-electron chi connectivity index (χ1n) is 8.05. The number of hydrogen-bond acceptors (Lipinski definition) is 9. The Balaban J connectivity index is 1.77. The molecule has 0 saturated carbocycles. The zero-order valence-corrected chi connectivity index (χ0v) is 14.0. The molecule has 1 fully saturated rings. The molecule has 1 aromatic rings. The van der Waals surface area contributed by atoms with Gasteiger partial charge in [0.05, 0.1) is 19.3 Å². The smallest absolute Gasteiger partial charge is 0.349 e. The minimum absolute atomic E-state index is 0.122. The maximum absolute atomic E-state index is 11.3. The molecule has 10 nitrogen and oxygen atoms in total. The first-order chi connectivity index (χ1) is 11.8. The first kappa shape index (κ1) is 19.8. The predicted octanol–water partition coefficient (Wildman–Crippen LogP) is -2.50. The van der Waals surface area contributed by atoms with Gasteiger partial charge in [0, 0.05) is 25.4 Å². The van der Waals surface area contributed by atoms with Crippen LogP contribution in [0.15, 0.2) is 11.0 Å². The Bertz CT molecular complexity index is 622. The van der Waals surface area contributed by atoms with Crippen molar-refractivity contribution in [1.29, 1.82) is 0 Å². The van der Waals surface area contributed by atoms with Crippen LogP contribution in [0.1, 0.15) is 18.4 Å².